The van der Waals surface area contributed by atoms with Crippen LogP contribution in [0.5, 0.6) is 0 Å². The number of fused-ring (bicyclic) bond motifs is 3. The molecule has 3 aromatic rings. The highest BCUT2D eigenvalue weighted by atomic mass is 35.5. The van der Waals surface area contributed by atoms with Gasteiger partial charge < -0.3 is 9.67 Å². The van der Waals surface area contributed by atoms with E-state index >= 15 is 0 Å². The minimum Gasteiger partial charge on any atom is -0.481 e. The maximum absolute atomic E-state index is 14.3. The molecule has 0 unspecified atom stereocenters. The predicted molar refractivity (Wildman–Crippen MR) is 109 cm³/mol. The van der Waals surface area contributed by atoms with Crippen molar-refractivity contribution in [3.63, 3.8) is 0 Å². The molecule has 0 saturated heterocycles. The third kappa shape index (κ3) is 3.65. The van der Waals surface area contributed by atoms with Gasteiger partial charge in [-0.2, -0.15) is 0 Å². The fourth-order valence-corrected chi connectivity index (χ4v) is 5.34. The van der Waals surface area contributed by atoms with Crippen molar-refractivity contribution in [2.45, 2.75) is 36.6 Å². The van der Waals surface area contributed by atoms with E-state index in [2.05, 4.69) is 0 Å². The fraction of sp³-hybridized carbons (Fsp3) is 0.286. The SMILES string of the molecule is CS(=O)(=O)c1cc(F)cc2c3c(n(Cc4ccc(Cl)cc4)c12)[C@H](CC(=O)O)CC3. The zero-order valence-corrected chi connectivity index (χ0v) is 17.2. The Balaban J connectivity index is 2.02. The number of hydrogen-bond donors (Lipinski definition) is 1. The number of carboxylic acids is 1. The molecular weight excluding hydrogens is 417 g/mol. The largest absolute Gasteiger partial charge is 0.481 e. The molecule has 1 atom stereocenters. The van der Waals surface area contributed by atoms with Crippen LogP contribution in [0.2, 0.25) is 5.02 Å². The highest BCUT2D eigenvalue weighted by Gasteiger charge is 2.33. The third-order valence-corrected chi connectivity index (χ3v) is 6.80. The van der Waals surface area contributed by atoms with E-state index < -0.39 is 21.6 Å². The van der Waals surface area contributed by atoms with Gasteiger partial charge in [0, 0.05) is 34.8 Å². The summed E-state index contributed by atoms with van der Waals surface area (Å²) in [5, 5.41) is 10.5. The first-order valence-electron chi connectivity index (χ1n) is 9.16. The van der Waals surface area contributed by atoms with Crippen LogP contribution in [0.4, 0.5) is 4.39 Å². The van der Waals surface area contributed by atoms with Crippen molar-refractivity contribution < 1.29 is 22.7 Å². The second kappa shape index (κ2) is 7.15. The molecule has 1 heterocycles. The van der Waals surface area contributed by atoms with Gasteiger partial charge >= 0.3 is 5.97 Å². The number of carbonyl (C=O) groups is 1. The van der Waals surface area contributed by atoms with Crippen molar-refractivity contribution in [1.82, 2.24) is 4.57 Å². The van der Waals surface area contributed by atoms with Gasteiger partial charge in [0.1, 0.15) is 5.82 Å². The number of carboxylic acid groups (broad SMARTS) is 1. The van der Waals surface area contributed by atoms with E-state index in [0.717, 1.165) is 29.1 Å². The van der Waals surface area contributed by atoms with Crippen molar-refractivity contribution in [3.8, 4) is 0 Å². The summed E-state index contributed by atoms with van der Waals surface area (Å²) < 4.78 is 41.0. The smallest absolute Gasteiger partial charge is 0.304 e. The lowest BCUT2D eigenvalue weighted by Gasteiger charge is -2.17. The summed E-state index contributed by atoms with van der Waals surface area (Å²) in [6, 6.07) is 9.56. The lowest BCUT2D eigenvalue weighted by Crippen LogP contribution is -2.12. The Morgan fingerprint density at radius 1 is 1.28 bits per heavy atom. The molecule has 0 saturated carbocycles. The molecule has 0 spiro atoms. The Bertz CT molecular complexity index is 1230. The Kier molecular flexibility index (Phi) is 4.91. The summed E-state index contributed by atoms with van der Waals surface area (Å²) in [4.78, 5) is 11.3. The van der Waals surface area contributed by atoms with Crippen molar-refractivity contribution in [1.29, 1.82) is 0 Å². The topological polar surface area (TPSA) is 76.4 Å². The van der Waals surface area contributed by atoms with Gasteiger partial charge in [-0.3, -0.25) is 4.79 Å². The molecule has 4 rings (SSSR count). The van der Waals surface area contributed by atoms with Crippen LogP contribution in [-0.4, -0.2) is 30.3 Å². The fourth-order valence-electron chi connectivity index (χ4n) is 4.32. The van der Waals surface area contributed by atoms with Crippen molar-refractivity contribution in [3.05, 3.63) is 64.1 Å². The van der Waals surface area contributed by atoms with Crippen molar-refractivity contribution in [2.75, 3.05) is 6.26 Å². The molecule has 1 aliphatic carbocycles. The van der Waals surface area contributed by atoms with Crippen LogP contribution in [-0.2, 0) is 27.6 Å². The van der Waals surface area contributed by atoms with E-state index in [1.165, 1.54) is 6.07 Å². The van der Waals surface area contributed by atoms with Gasteiger partial charge in [-0.25, -0.2) is 12.8 Å². The molecule has 0 bridgehead atoms. The quantitative estimate of drug-likeness (QED) is 0.644. The van der Waals surface area contributed by atoms with Crippen LogP contribution in [0.1, 0.15) is 35.6 Å². The van der Waals surface area contributed by atoms with Crippen LogP contribution in [0, 0.1) is 5.82 Å². The lowest BCUT2D eigenvalue weighted by atomic mass is 10.0. The number of aromatic nitrogens is 1. The second-order valence-corrected chi connectivity index (χ2v) is 9.90. The molecule has 0 fully saturated rings. The number of nitrogens with zero attached hydrogens (tertiary/aromatic N) is 1. The van der Waals surface area contributed by atoms with E-state index in [9.17, 15) is 22.7 Å². The van der Waals surface area contributed by atoms with Crippen molar-refractivity contribution in [2.24, 2.45) is 0 Å². The molecule has 29 heavy (non-hydrogen) atoms. The van der Waals surface area contributed by atoms with Crippen LogP contribution < -0.4 is 0 Å². The molecule has 8 heteroatoms. The maximum Gasteiger partial charge on any atom is 0.304 e. The number of sulfone groups is 1. The third-order valence-electron chi connectivity index (χ3n) is 5.44. The highest BCUT2D eigenvalue weighted by Crippen LogP contribution is 2.44. The van der Waals surface area contributed by atoms with Crippen LogP contribution in [0.25, 0.3) is 10.9 Å². The van der Waals surface area contributed by atoms with Gasteiger partial charge in [0.2, 0.25) is 0 Å². The minimum absolute atomic E-state index is 0.0549. The molecule has 2 aromatic carbocycles. The number of rotatable bonds is 5. The molecule has 1 aliphatic rings. The molecule has 1 N–H and O–H groups in total. The van der Waals surface area contributed by atoms with Gasteiger partial charge in [0.25, 0.3) is 0 Å². The van der Waals surface area contributed by atoms with Gasteiger partial charge in [0.05, 0.1) is 16.8 Å². The molecule has 0 aliphatic heterocycles. The summed E-state index contributed by atoms with van der Waals surface area (Å²) in [6.07, 6.45) is 2.23. The number of halogens is 2. The van der Waals surface area contributed by atoms with E-state index in [1.54, 1.807) is 12.1 Å². The first-order valence-corrected chi connectivity index (χ1v) is 11.4. The van der Waals surface area contributed by atoms with Gasteiger partial charge in [-0.1, -0.05) is 23.7 Å². The van der Waals surface area contributed by atoms with E-state index in [1.807, 2.05) is 16.7 Å². The molecule has 5 nitrogen and oxygen atoms in total. The van der Waals surface area contributed by atoms with Crippen LogP contribution in [0.3, 0.4) is 0 Å². The van der Waals surface area contributed by atoms with Gasteiger partial charge in [0.15, 0.2) is 9.84 Å². The van der Waals surface area contributed by atoms with E-state index in [-0.39, 0.29) is 17.2 Å². The summed E-state index contributed by atoms with van der Waals surface area (Å²) in [7, 11) is -3.70. The number of hydrogen-bond acceptors (Lipinski definition) is 3. The van der Waals surface area contributed by atoms with Crippen molar-refractivity contribution >= 4 is 38.3 Å². The Labute approximate surface area is 172 Å². The van der Waals surface area contributed by atoms with E-state index in [0.29, 0.717) is 35.3 Å². The average Bonchev–Trinajstić information content (AvgIpc) is 3.15. The zero-order chi connectivity index (χ0) is 20.9. The molecule has 0 amide bonds. The van der Waals surface area contributed by atoms with Crippen LogP contribution >= 0.6 is 11.6 Å². The maximum atomic E-state index is 14.3. The molecular formula is C21H19ClFNO4S. The molecule has 152 valence electrons. The molecule has 1 aromatic heterocycles. The normalized spacial score (nSPS) is 16.3. The van der Waals surface area contributed by atoms with Crippen LogP contribution in [0.15, 0.2) is 41.3 Å². The Morgan fingerprint density at radius 2 is 1.97 bits per heavy atom. The second-order valence-electron chi connectivity index (χ2n) is 7.48. The number of benzene rings is 2. The summed E-state index contributed by atoms with van der Waals surface area (Å²) in [5.41, 5.74) is 2.94. The Morgan fingerprint density at radius 3 is 2.59 bits per heavy atom. The van der Waals surface area contributed by atoms with Gasteiger partial charge in [-0.15, -0.1) is 0 Å². The minimum atomic E-state index is -3.70. The summed E-state index contributed by atoms with van der Waals surface area (Å²) >= 11 is 5.97. The average molecular weight is 436 g/mol. The lowest BCUT2D eigenvalue weighted by molar-refractivity contribution is -0.137. The van der Waals surface area contributed by atoms with Gasteiger partial charge in [-0.05, 0) is 48.2 Å². The monoisotopic (exact) mass is 435 g/mol. The summed E-state index contributed by atoms with van der Waals surface area (Å²) in [6.45, 7) is 0.341. The standard InChI is InChI=1S/C21H19ClFNO4S/c1-29(27,28)18-10-15(23)9-17-16-7-4-13(8-19(25)26)20(16)24(21(17)18)11-12-2-5-14(22)6-3-12/h2-3,5-6,9-10,13H,4,7-8,11H2,1H3,(H,25,26)/t13-/m0/s1. The first-order chi connectivity index (χ1) is 13.6. The number of aliphatic carboxylic acids is 1. The highest BCUT2D eigenvalue weighted by molar-refractivity contribution is 7.91. The summed E-state index contributed by atoms with van der Waals surface area (Å²) in [5.74, 6) is -1.79. The Hall–Kier alpha value is -2.38. The van der Waals surface area contributed by atoms with E-state index in [4.69, 9.17) is 11.6 Å². The predicted octanol–water partition coefficient (Wildman–Crippen LogP) is 4.39. The first kappa shape index (κ1) is 19.9. The number of aryl methyl sites for hydroxylation is 1. The zero-order valence-electron chi connectivity index (χ0n) is 15.7. The molecule has 0 radical (unpaired) electrons.